The standard InChI is InChI=1S/C23H26N2O6/c1-4-24(5-2)10-11-25-20(17-8-6-14(3)31-17)19(22(27)23(25)28)21(26)15-7-9-16-18(12-15)30-13-29-16/h6-9,12,20,26H,4-5,10-11,13H2,1-3H3/b21-19-. The summed E-state index contributed by atoms with van der Waals surface area (Å²) in [6, 6.07) is 7.63. The third-order valence-electron chi connectivity index (χ3n) is 5.77. The summed E-state index contributed by atoms with van der Waals surface area (Å²) >= 11 is 0. The maximum atomic E-state index is 13.0. The quantitative estimate of drug-likeness (QED) is 0.413. The number of carbonyl (C=O) groups excluding carboxylic acids is 2. The van der Waals surface area contributed by atoms with Crippen molar-refractivity contribution in [2.24, 2.45) is 0 Å². The second-order valence-electron chi connectivity index (χ2n) is 7.54. The molecule has 1 N–H and O–H groups in total. The molecule has 2 aromatic rings. The highest BCUT2D eigenvalue weighted by Gasteiger charge is 2.47. The number of rotatable bonds is 7. The lowest BCUT2D eigenvalue weighted by Gasteiger charge is -2.26. The van der Waals surface area contributed by atoms with Crippen LogP contribution in [0.15, 0.2) is 40.3 Å². The average Bonchev–Trinajstić information content (AvgIpc) is 3.47. The van der Waals surface area contributed by atoms with Crippen molar-refractivity contribution >= 4 is 17.4 Å². The van der Waals surface area contributed by atoms with Gasteiger partial charge in [-0.15, -0.1) is 0 Å². The smallest absolute Gasteiger partial charge is 0.295 e. The van der Waals surface area contributed by atoms with Crippen molar-refractivity contribution in [3.8, 4) is 11.5 Å². The highest BCUT2D eigenvalue weighted by Crippen LogP contribution is 2.41. The van der Waals surface area contributed by atoms with E-state index < -0.39 is 17.7 Å². The maximum Gasteiger partial charge on any atom is 0.295 e. The predicted octanol–water partition coefficient (Wildman–Crippen LogP) is 3.08. The summed E-state index contributed by atoms with van der Waals surface area (Å²) in [7, 11) is 0. The molecule has 0 saturated carbocycles. The van der Waals surface area contributed by atoms with E-state index in [2.05, 4.69) is 4.90 Å². The zero-order valence-corrected chi connectivity index (χ0v) is 17.9. The Hall–Kier alpha value is -3.26. The Balaban J connectivity index is 1.76. The van der Waals surface area contributed by atoms with Gasteiger partial charge in [0, 0.05) is 18.7 Å². The largest absolute Gasteiger partial charge is 0.507 e. The molecule has 3 heterocycles. The van der Waals surface area contributed by atoms with Gasteiger partial charge >= 0.3 is 0 Å². The maximum absolute atomic E-state index is 13.0. The number of amides is 1. The number of ether oxygens (including phenoxy) is 2. The molecule has 1 aromatic carbocycles. The Morgan fingerprint density at radius 1 is 1.13 bits per heavy atom. The molecule has 8 nitrogen and oxygen atoms in total. The van der Waals surface area contributed by atoms with Crippen molar-refractivity contribution in [1.82, 2.24) is 9.80 Å². The molecule has 2 aliphatic heterocycles. The number of benzene rings is 1. The topological polar surface area (TPSA) is 92.5 Å². The summed E-state index contributed by atoms with van der Waals surface area (Å²) in [6.07, 6.45) is 0. The number of aliphatic hydroxyl groups is 1. The summed E-state index contributed by atoms with van der Waals surface area (Å²) in [4.78, 5) is 29.6. The highest BCUT2D eigenvalue weighted by atomic mass is 16.7. The normalized spacial score (nSPS) is 19.6. The number of likely N-dealkylation sites (N-methyl/N-ethyl adjacent to an activating group) is 1. The van der Waals surface area contributed by atoms with Crippen molar-refractivity contribution in [3.05, 3.63) is 53.0 Å². The fourth-order valence-electron chi connectivity index (χ4n) is 4.00. The van der Waals surface area contributed by atoms with Crippen LogP contribution in [0.25, 0.3) is 5.76 Å². The van der Waals surface area contributed by atoms with Crippen LogP contribution in [0.4, 0.5) is 0 Å². The van der Waals surface area contributed by atoms with Gasteiger partial charge in [0.1, 0.15) is 23.3 Å². The average molecular weight is 426 g/mol. The number of likely N-dealkylation sites (tertiary alicyclic amines) is 1. The third-order valence-corrected chi connectivity index (χ3v) is 5.77. The van der Waals surface area contributed by atoms with Gasteiger partial charge in [-0.2, -0.15) is 0 Å². The zero-order valence-electron chi connectivity index (χ0n) is 17.9. The van der Waals surface area contributed by atoms with E-state index in [4.69, 9.17) is 13.9 Å². The molecule has 1 saturated heterocycles. The van der Waals surface area contributed by atoms with Crippen molar-refractivity contribution in [2.75, 3.05) is 33.0 Å². The van der Waals surface area contributed by atoms with Gasteiger partial charge in [-0.25, -0.2) is 0 Å². The van der Waals surface area contributed by atoms with Crippen LogP contribution in [0.2, 0.25) is 0 Å². The molecule has 2 aliphatic rings. The Labute approximate surface area is 180 Å². The first-order chi connectivity index (χ1) is 14.9. The molecule has 0 aliphatic carbocycles. The van der Waals surface area contributed by atoms with Crippen LogP contribution in [-0.4, -0.2) is 59.6 Å². The molecule has 31 heavy (non-hydrogen) atoms. The minimum absolute atomic E-state index is 0.0118. The van der Waals surface area contributed by atoms with Gasteiger partial charge in [0.05, 0.1) is 5.57 Å². The number of aliphatic hydroxyl groups excluding tert-OH is 1. The summed E-state index contributed by atoms with van der Waals surface area (Å²) < 4.78 is 16.5. The van der Waals surface area contributed by atoms with Crippen molar-refractivity contribution < 1.29 is 28.6 Å². The van der Waals surface area contributed by atoms with Crippen LogP contribution in [0.5, 0.6) is 11.5 Å². The molecule has 1 unspecified atom stereocenters. The van der Waals surface area contributed by atoms with Gasteiger partial charge in [0.2, 0.25) is 6.79 Å². The lowest BCUT2D eigenvalue weighted by molar-refractivity contribution is -0.140. The number of ketones is 1. The lowest BCUT2D eigenvalue weighted by atomic mass is 9.99. The number of carbonyl (C=O) groups is 2. The van der Waals surface area contributed by atoms with Gasteiger partial charge in [-0.1, -0.05) is 13.8 Å². The second kappa shape index (κ2) is 8.47. The van der Waals surface area contributed by atoms with Crippen molar-refractivity contribution in [1.29, 1.82) is 0 Å². The van der Waals surface area contributed by atoms with Gasteiger partial charge in [-0.3, -0.25) is 9.59 Å². The molecule has 0 bridgehead atoms. The van der Waals surface area contributed by atoms with Gasteiger partial charge in [0.15, 0.2) is 11.5 Å². The van der Waals surface area contributed by atoms with Crippen LogP contribution >= 0.6 is 0 Å². The molecule has 4 rings (SSSR count). The predicted molar refractivity (Wildman–Crippen MR) is 113 cm³/mol. The molecular weight excluding hydrogens is 400 g/mol. The van der Waals surface area contributed by atoms with Gasteiger partial charge < -0.3 is 28.8 Å². The Morgan fingerprint density at radius 3 is 2.55 bits per heavy atom. The minimum Gasteiger partial charge on any atom is -0.507 e. The zero-order chi connectivity index (χ0) is 22.1. The molecule has 1 atom stereocenters. The summed E-state index contributed by atoms with van der Waals surface area (Å²) in [6.45, 7) is 8.61. The lowest BCUT2D eigenvalue weighted by Crippen LogP contribution is -2.37. The van der Waals surface area contributed by atoms with E-state index in [1.54, 1.807) is 37.3 Å². The fraction of sp³-hybridized carbons (Fsp3) is 0.391. The van der Waals surface area contributed by atoms with Crippen LogP contribution in [0.1, 0.15) is 37.0 Å². The SMILES string of the molecule is CCN(CC)CCN1C(=O)C(=O)/C(=C(\O)c2ccc3c(c2)OCO3)C1c1ccc(C)o1. The van der Waals surface area contributed by atoms with Gasteiger partial charge in [-0.05, 0) is 50.3 Å². The molecule has 1 fully saturated rings. The van der Waals surface area contributed by atoms with E-state index in [0.29, 0.717) is 41.7 Å². The Kier molecular flexibility index (Phi) is 5.73. The molecule has 1 aromatic heterocycles. The number of nitrogens with zero attached hydrogens (tertiary/aromatic N) is 2. The highest BCUT2D eigenvalue weighted by molar-refractivity contribution is 6.46. The molecule has 8 heteroatoms. The molecule has 0 radical (unpaired) electrons. The van der Waals surface area contributed by atoms with Crippen LogP contribution in [0, 0.1) is 6.92 Å². The number of fused-ring (bicyclic) bond motifs is 1. The van der Waals surface area contributed by atoms with E-state index in [-0.39, 0.29) is 18.1 Å². The Morgan fingerprint density at radius 2 is 1.87 bits per heavy atom. The minimum atomic E-state index is -0.797. The number of aryl methyl sites for hydroxylation is 1. The molecular formula is C23H26N2O6. The summed E-state index contributed by atoms with van der Waals surface area (Å²) in [5, 5.41) is 11.1. The van der Waals surface area contributed by atoms with E-state index in [1.807, 2.05) is 13.8 Å². The summed E-state index contributed by atoms with van der Waals surface area (Å²) in [5.74, 6) is 0.508. The van der Waals surface area contributed by atoms with E-state index in [1.165, 1.54) is 4.90 Å². The number of hydrogen-bond donors (Lipinski definition) is 1. The van der Waals surface area contributed by atoms with Crippen molar-refractivity contribution in [3.63, 3.8) is 0 Å². The number of furan rings is 1. The first-order valence-electron chi connectivity index (χ1n) is 10.4. The van der Waals surface area contributed by atoms with E-state index in [0.717, 1.165) is 13.1 Å². The fourth-order valence-corrected chi connectivity index (χ4v) is 4.00. The monoisotopic (exact) mass is 426 g/mol. The summed E-state index contributed by atoms with van der Waals surface area (Å²) in [5.41, 5.74) is 0.386. The van der Waals surface area contributed by atoms with Crippen molar-refractivity contribution in [2.45, 2.75) is 26.8 Å². The van der Waals surface area contributed by atoms with Crippen LogP contribution < -0.4 is 9.47 Å². The number of Topliss-reactive ketones (excluding diaryl/α,β-unsaturated/α-hetero) is 1. The first-order valence-corrected chi connectivity index (χ1v) is 10.4. The van der Waals surface area contributed by atoms with Gasteiger partial charge in [0.25, 0.3) is 11.7 Å². The van der Waals surface area contributed by atoms with Crippen LogP contribution in [0.3, 0.4) is 0 Å². The number of hydrogen-bond acceptors (Lipinski definition) is 7. The third kappa shape index (κ3) is 3.79. The molecule has 164 valence electrons. The van der Waals surface area contributed by atoms with E-state index >= 15 is 0 Å². The van der Waals surface area contributed by atoms with E-state index in [9.17, 15) is 14.7 Å². The molecule has 0 spiro atoms. The molecule has 1 amide bonds. The first kappa shape index (κ1) is 21.0. The Bertz CT molecular complexity index is 1040. The van der Waals surface area contributed by atoms with Crippen LogP contribution in [-0.2, 0) is 9.59 Å². The second-order valence-corrected chi connectivity index (χ2v) is 7.54.